The van der Waals surface area contributed by atoms with Gasteiger partial charge in [0.1, 0.15) is 11.5 Å². The molecule has 3 N–H and O–H groups in total. The SMILES string of the molecule is CN=C(NCCc1c[nH]c2ccccc12)NC1CCN(Cc2cc(OC)cc(OC)c2)C1. The summed E-state index contributed by atoms with van der Waals surface area (Å²) in [6.07, 6.45) is 4.13. The van der Waals surface area contributed by atoms with Gasteiger partial charge >= 0.3 is 0 Å². The highest BCUT2D eigenvalue weighted by Crippen LogP contribution is 2.24. The summed E-state index contributed by atoms with van der Waals surface area (Å²) >= 11 is 0. The van der Waals surface area contributed by atoms with Crippen molar-refractivity contribution >= 4 is 16.9 Å². The standard InChI is InChI=1S/C25H33N5O2/c1-26-25(27-10-8-19-15-28-24-7-5-4-6-23(19)24)29-20-9-11-30(17-20)16-18-12-21(31-2)14-22(13-18)32-3/h4-7,12-15,20,28H,8-11,16-17H2,1-3H3,(H2,26,27,29). The van der Waals surface area contributed by atoms with E-state index in [9.17, 15) is 0 Å². The van der Waals surface area contributed by atoms with Crippen LogP contribution in [0, 0.1) is 0 Å². The van der Waals surface area contributed by atoms with E-state index >= 15 is 0 Å². The molecule has 170 valence electrons. The molecule has 0 amide bonds. The topological polar surface area (TPSA) is 73.9 Å². The molecule has 0 saturated carbocycles. The zero-order valence-corrected chi connectivity index (χ0v) is 19.1. The molecule has 7 nitrogen and oxygen atoms in total. The first-order valence-electron chi connectivity index (χ1n) is 11.1. The average Bonchev–Trinajstić information content (AvgIpc) is 3.44. The molecule has 1 aliphatic heterocycles. The van der Waals surface area contributed by atoms with Crippen molar-refractivity contribution in [2.24, 2.45) is 4.99 Å². The Morgan fingerprint density at radius 1 is 1.16 bits per heavy atom. The maximum atomic E-state index is 5.40. The van der Waals surface area contributed by atoms with Gasteiger partial charge in [-0.1, -0.05) is 18.2 Å². The number of hydrogen-bond donors (Lipinski definition) is 3. The Morgan fingerprint density at radius 2 is 1.94 bits per heavy atom. The van der Waals surface area contributed by atoms with Crippen LogP contribution in [-0.2, 0) is 13.0 Å². The summed E-state index contributed by atoms with van der Waals surface area (Å²) in [5.74, 6) is 2.51. The highest BCUT2D eigenvalue weighted by atomic mass is 16.5. The second-order valence-corrected chi connectivity index (χ2v) is 8.19. The van der Waals surface area contributed by atoms with Crippen molar-refractivity contribution in [1.29, 1.82) is 0 Å². The van der Waals surface area contributed by atoms with E-state index in [0.29, 0.717) is 6.04 Å². The van der Waals surface area contributed by atoms with Gasteiger partial charge in [-0.05, 0) is 42.2 Å². The molecule has 0 bridgehead atoms. The molecule has 1 saturated heterocycles. The van der Waals surface area contributed by atoms with Gasteiger partial charge in [-0.3, -0.25) is 9.89 Å². The first kappa shape index (κ1) is 22.0. The van der Waals surface area contributed by atoms with E-state index in [1.807, 2.05) is 13.1 Å². The Bertz CT molecular complexity index is 1040. The summed E-state index contributed by atoms with van der Waals surface area (Å²) in [5, 5.41) is 8.34. The number of guanidine groups is 1. The van der Waals surface area contributed by atoms with E-state index < -0.39 is 0 Å². The van der Waals surface area contributed by atoms with Gasteiger partial charge in [-0.25, -0.2) is 0 Å². The lowest BCUT2D eigenvalue weighted by atomic mass is 10.1. The number of hydrogen-bond acceptors (Lipinski definition) is 4. The molecule has 2 aromatic carbocycles. The average molecular weight is 436 g/mol. The molecule has 1 atom stereocenters. The Balaban J connectivity index is 1.26. The maximum absolute atomic E-state index is 5.40. The number of rotatable bonds is 8. The minimum absolute atomic E-state index is 0.377. The lowest BCUT2D eigenvalue weighted by Crippen LogP contribution is -2.45. The summed E-state index contributed by atoms with van der Waals surface area (Å²) in [6.45, 7) is 3.73. The fraction of sp³-hybridized carbons (Fsp3) is 0.400. The number of aromatic amines is 1. The minimum atomic E-state index is 0.377. The third-order valence-electron chi connectivity index (χ3n) is 6.02. The molecule has 0 spiro atoms. The van der Waals surface area contributed by atoms with Crippen molar-refractivity contribution in [3.63, 3.8) is 0 Å². The Labute approximate surface area is 189 Å². The Kier molecular flexibility index (Phi) is 7.17. The molecule has 2 heterocycles. The largest absolute Gasteiger partial charge is 0.497 e. The van der Waals surface area contributed by atoms with Crippen molar-refractivity contribution < 1.29 is 9.47 Å². The molecule has 3 aromatic rings. The first-order valence-corrected chi connectivity index (χ1v) is 11.1. The van der Waals surface area contributed by atoms with Crippen molar-refractivity contribution in [3.05, 3.63) is 59.8 Å². The Hall–Kier alpha value is -3.19. The third kappa shape index (κ3) is 5.34. The van der Waals surface area contributed by atoms with E-state index in [2.05, 4.69) is 68.1 Å². The van der Waals surface area contributed by atoms with Crippen LogP contribution < -0.4 is 20.1 Å². The van der Waals surface area contributed by atoms with E-state index in [1.54, 1.807) is 14.2 Å². The van der Waals surface area contributed by atoms with E-state index in [-0.39, 0.29) is 0 Å². The van der Waals surface area contributed by atoms with Crippen LogP contribution in [0.5, 0.6) is 11.5 Å². The highest BCUT2D eigenvalue weighted by molar-refractivity contribution is 5.83. The fourth-order valence-electron chi connectivity index (χ4n) is 4.35. The zero-order chi connectivity index (χ0) is 22.3. The van der Waals surface area contributed by atoms with Gasteiger partial charge in [0, 0.05) is 62.4 Å². The summed E-state index contributed by atoms with van der Waals surface area (Å²) < 4.78 is 10.8. The van der Waals surface area contributed by atoms with E-state index in [4.69, 9.17) is 9.47 Å². The molecule has 32 heavy (non-hydrogen) atoms. The zero-order valence-electron chi connectivity index (χ0n) is 19.1. The molecule has 4 rings (SSSR count). The number of para-hydroxylation sites is 1. The smallest absolute Gasteiger partial charge is 0.191 e. The predicted octanol–water partition coefficient (Wildman–Crippen LogP) is 3.17. The minimum Gasteiger partial charge on any atom is -0.497 e. The number of ether oxygens (including phenoxy) is 2. The molecule has 0 aliphatic carbocycles. The summed E-state index contributed by atoms with van der Waals surface area (Å²) in [6, 6.07) is 14.9. The van der Waals surface area contributed by atoms with Crippen molar-refractivity contribution in [3.8, 4) is 11.5 Å². The lowest BCUT2D eigenvalue weighted by molar-refractivity contribution is 0.321. The van der Waals surface area contributed by atoms with Gasteiger partial charge in [0.15, 0.2) is 5.96 Å². The quantitative estimate of drug-likeness (QED) is 0.374. The van der Waals surface area contributed by atoms with Gasteiger partial charge in [-0.2, -0.15) is 0 Å². The fourth-order valence-corrected chi connectivity index (χ4v) is 4.35. The monoisotopic (exact) mass is 435 g/mol. The maximum Gasteiger partial charge on any atom is 0.191 e. The van der Waals surface area contributed by atoms with Gasteiger partial charge in [0.25, 0.3) is 0 Å². The van der Waals surface area contributed by atoms with Crippen molar-refractivity contribution in [2.45, 2.75) is 25.4 Å². The number of H-pyrrole nitrogens is 1. The Morgan fingerprint density at radius 3 is 2.69 bits per heavy atom. The summed E-state index contributed by atoms with van der Waals surface area (Å²) in [4.78, 5) is 10.2. The molecule has 1 aromatic heterocycles. The molecule has 1 fully saturated rings. The molecule has 1 unspecified atom stereocenters. The van der Waals surface area contributed by atoms with Crippen LogP contribution in [0.3, 0.4) is 0 Å². The molecular weight excluding hydrogens is 402 g/mol. The summed E-state index contributed by atoms with van der Waals surface area (Å²) in [5.41, 5.74) is 3.71. The normalized spacial score (nSPS) is 17.0. The number of aliphatic imine (C=N–C) groups is 1. The molecular formula is C25H33N5O2. The number of fused-ring (bicyclic) bond motifs is 1. The number of benzene rings is 2. The van der Waals surface area contributed by atoms with Gasteiger partial charge in [0.2, 0.25) is 0 Å². The number of methoxy groups -OCH3 is 2. The van der Waals surface area contributed by atoms with Crippen LogP contribution in [0.15, 0.2) is 53.7 Å². The van der Waals surface area contributed by atoms with Crippen LogP contribution in [0.25, 0.3) is 10.9 Å². The highest BCUT2D eigenvalue weighted by Gasteiger charge is 2.23. The second-order valence-electron chi connectivity index (χ2n) is 8.19. The number of aromatic nitrogens is 1. The van der Waals surface area contributed by atoms with Gasteiger partial charge < -0.3 is 25.1 Å². The summed E-state index contributed by atoms with van der Waals surface area (Å²) in [7, 11) is 5.20. The van der Waals surface area contributed by atoms with E-state index in [0.717, 1.165) is 56.5 Å². The van der Waals surface area contributed by atoms with Crippen LogP contribution in [-0.4, -0.2) is 62.8 Å². The number of nitrogens with zero attached hydrogens (tertiary/aromatic N) is 2. The van der Waals surface area contributed by atoms with Crippen LogP contribution in [0.1, 0.15) is 17.5 Å². The van der Waals surface area contributed by atoms with Crippen LogP contribution in [0.4, 0.5) is 0 Å². The first-order chi connectivity index (χ1) is 15.7. The van der Waals surface area contributed by atoms with E-state index in [1.165, 1.54) is 22.0 Å². The molecule has 7 heteroatoms. The molecule has 1 aliphatic rings. The van der Waals surface area contributed by atoms with Gasteiger partial charge in [0.05, 0.1) is 14.2 Å². The second kappa shape index (κ2) is 10.4. The number of nitrogens with one attached hydrogen (secondary N) is 3. The van der Waals surface area contributed by atoms with Crippen LogP contribution in [0.2, 0.25) is 0 Å². The van der Waals surface area contributed by atoms with Crippen LogP contribution >= 0.6 is 0 Å². The predicted molar refractivity (Wildman–Crippen MR) is 130 cm³/mol. The van der Waals surface area contributed by atoms with Crippen molar-refractivity contribution in [1.82, 2.24) is 20.5 Å². The van der Waals surface area contributed by atoms with Crippen molar-refractivity contribution in [2.75, 3.05) is 40.9 Å². The molecule has 0 radical (unpaired) electrons. The lowest BCUT2D eigenvalue weighted by Gasteiger charge is -2.19. The van der Waals surface area contributed by atoms with Gasteiger partial charge in [-0.15, -0.1) is 0 Å². The third-order valence-corrected chi connectivity index (χ3v) is 6.02. The number of likely N-dealkylation sites (tertiary alicyclic amines) is 1.